The maximum atomic E-state index is 12.7. The van der Waals surface area contributed by atoms with Crippen molar-refractivity contribution in [3.05, 3.63) is 40.7 Å². The zero-order valence-electron chi connectivity index (χ0n) is 16.2. The zero-order valence-corrected chi connectivity index (χ0v) is 17.0. The fourth-order valence-corrected chi connectivity index (χ4v) is 3.56. The number of amides is 1. The predicted molar refractivity (Wildman–Crippen MR) is 106 cm³/mol. The molecule has 1 amide bonds. The van der Waals surface area contributed by atoms with Gasteiger partial charge in [-0.1, -0.05) is 11.6 Å². The van der Waals surface area contributed by atoms with E-state index in [4.69, 9.17) is 22.1 Å². The third-order valence-electron chi connectivity index (χ3n) is 4.89. The molecule has 0 spiro atoms. The number of carbonyl (C=O) groups excluding carboxylic acids is 2. The van der Waals surface area contributed by atoms with Crippen LogP contribution in [-0.2, 0) is 9.53 Å². The Labute approximate surface area is 180 Å². The second-order valence-corrected chi connectivity index (χ2v) is 7.12. The highest BCUT2D eigenvalue weighted by atomic mass is 35.5. The van der Waals surface area contributed by atoms with E-state index in [1.165, 1.54) is 23.9 Å². The van der Waals surface area contributed by atoms with Crippen LogP contribution in [-0.4, -0.2) is 60.8 Å². The molecule has 1 aliphatic rings. The van der Waals surface area contributed by atoms with Gasteiger partial charge in [0.15, 0.2) is 5.69 Å². The Bertz CT molecular complexity index is 1070. The number of nitrogens with two attached hydrogens (primary N) is 1. The summed E-state index contributed by atoms with van der Waals surface area (Å²) >= 11 is 6.14. The summed E-state index contributed by atoms with van der Waals surface area (Å²) in [6, 6.07) is 6.67. The molecular weight excluding hydrogens is 439 g/mol. The van der Waals surface area contributed by atoms with Crippen molar-refractivity contribution < 1.29 is 27.5 Å². The normalized spacial score (nSPS) is 14.3. The maximum absolute atomic E-state index is 12.7. The largest absolute Gasteiger partial charge is 0.471 e. The molecule has 2 aromatic rings. The number of halogens is 4. The first kappa shape index (κ1) is 22.3. The SMILES string of the molecule is COC(=O)c1c(N)c(C#N)cn1-c1cc(Cl)ccc1N1CCN(C(=O)C(F)(F)F)CC1. The highest BCUT2D eigenvalue weighted by Crippen LogP contribution is 2.33. The molecule has 0 atom stereocenters. The van der Waals surface area contributed by atoms with E-state index in [-0.39, 0.29) is 43.1 Å². The van der Waals surface area contributed by atoms with Crippen molar-refractivity contribution >= 4 is 34.9 Å². The van der Waals surface area contributed by atoms with Gasteiger partial charge in [-0.25, -0.2) is 4.79 Å². The quantitative estimate of drug-likeness (QED) is 0.713. The van der Waals surface area contributed by atoms with Crippen LogP contribution in [0.2, 0.25) is 5.02 Å². The van der Waals surface area contributed by atoms with Gasteiger partial charge in [-0.2, -0.15) is 18.4 Å². The number of esters is 1. The van der Waals surface area contributed by atoms with Crippen LogP contribution in [0.4, 0.5) is 24.5 Å². The number of carbonyl (C=O) groups is 2. The van der Waals surface area contributed by atoms with Crippen molar-refractivity contribution in [2.75, 3.05) is 43.9 Å². The maximum Gasteiger partial charge on any atom is 0.471 e. The number of anilines is 2. The van der Waals surface area contributed by atoms with Crippen LogP contribution in [0.5, 0.6) is 0 Å². The zero-order chi connectivity index (χ0) is 22.9. The molecule has 0 bridgehead atoms. The van der Waals surface area contributed by atoms with Gasteiger partial charge in [-0.3, -0.25) is 4.79 Å². The minimum Gasteiger partial charge on any atom is -0.464 e. The van der Waals surface area contributed by atoms with E-state index in [0.29, 0.717) is 16.4 Å². The van der Waals surface area contributed by atoms with E-state index in [0.717, 1.165) is 4.90 Å². The molecule has 0 saturated carbocycles. The highest BCUT2D eigenvalue weighted by Gasteiger charge is 2.43. The molecule has 2 heterocycles. The van der Waals surface area contributed by atoms with Gasteiger partial charge in [0.2, 0.25) is 0 Å². The van der Waals surface area contributed by atoms with Gasteiger partial charge in [0.25, 0.3) is 0 Å². The summed E-state index contributed by atoms with van der Waals surface area (Å²) in [5.41, 5.74) is 6.77. The molecule has 31 heavy (non-hydrogen) atoms. The number of piperazine rings is 1. The number of hydrogen-bond donors (Lipinski definition) is 1. The predicted octanol–water partition coefficient (Wildman–Crippen LogP) is 2.58. The van der Waals surface area contributed by atoms with Crippen molar-refractivity contribution in [2.24, 2.45) is 0 Å². The van der Waals surface area contributed by atoms with Crippen molar-refractivity contribution in [3.8, 4) is 11.8 Å². The molecule has 2 N–H and O–H groups in total. The number of methoxy groups -OCH3 is 1. The van der Waals surface area contributed by atoms with E-state index >= 15 is 0 Å². The lowest BCUT2D eigenvalue weighted by Crippen LogP contribution is -2.52. The first-order valence-electron chi connectivity index (χ1n) is 8.98. The number of alkyl halides is 3. The number of nitriles is 1. The summed E-state index contributed by atoms with van der Waals surface area (Å²) in [5, 5.41) is 9.64. The van der Waals surface area contributed by atoms with Gasteiger partial charge in [-0.15, -0.1) is 0 Å². The molecule has 1 aromatic heterocycles. The fourth-order valence-electron chi connectivity index (χ4n) is 3.39. The van der Waals surface area contributed by atoms with Gasteiger partial charge in [0, 0.05) is 37.4 Å². The molecule has 1 aliphatic heterocycles. The van der Waals surface area contributed by atoms with E-state index in [2.05, 4.69) is 0 Å². The minimum absolute atomic E-state index is 0.0481. The number of aromatic nitrogens is 1. The van der Waals surface area contributed by atoms with Crippen LogP contribution in [0.3, 0.4) is 0 Å². The fraction of sp³-hybridized carbons (Fsp3) is 0.316. The molecule has 1 saturated heterocycles. The molecule has 1 fully saturated rings. The van der Waals surface area contributed by atoms with E-state index in [1.807, 2.05) is 6.07 Å². The summed E-state index contributed by atoms with van der Waals surface area (Å²) in [4.78, 5) is 26.3. The Kier molecular flexibility index (Phi) is 6.03. The van der Waals surface area contributed by atoms with Crippen LogP contribution < -0.4 is 10.6 Å². The summed E-state index contributed by atoms with van der Waals surface area (Å²) in [7, 11) is 1.17. The Balaban J connectivity index is 2.00. The average molecular weight is 456 g/mol. The van der Waals surface area contributed by atoms with Crippen LogP contribution in [0.15, 0.2) is 24.4 Å². The molecule has 8 nitrogen and oxygen atoms in total. The van der Waals surface area contributed by atoms with Gasteiger partial charge in [0.05, 0.1) is 29.7 Å². The lowest BCUT2D eigenvalue weighted by molar-refractivity contribution is -0.185. The second kappa shape index (κ2) is 8.39. The summed E-state index contributed by atoms with van der Waals surface area (Å²) in [5.74, 6) is -2.65. The van der Waals surface area contributed by atoms with E-state index in [1.54, 1.807) is 17.0 Å². The smallest absolute Gasteiger partial charge is 0.464 e. The van der Waals surface area contributed by atoms with Crippen LogP contribution in [0.1, 0.15) is 16.1 Å². The van der Waals surface area contributed by atoms with Crippen molar-refractivity contribution in [2.45, 2.75) is 6.18 Å². The minimum atomic E-state index is -4.93. The first-order valence-corrected chi connectivity index (χ1v) is 9.36. The van der Waals surface area contributed by atoms with Gasteiger partial charge in [-0.05, 0) is 18.2 Å². The average Bonchev–Trinajstić information content (AvgIpc) is 3.08. The Morgan fingerprint density at radius 1 is 1.19 bits per heavy atom. The van der Waals surface area contributed by atoms with Crippen molar-refractivity contribution in [3.63, 3.8) is 0 Å². The number of nitrogens with zero attached hydrogens (tertiary/aromatic N) is 4. The van der Waals surface area contributed by atoms with E-state index in [9.17, 15) is 28.0 Å². The number of rotatable bonds is 3. The summed E-state index contributed by atoms with van der Waals surface area (Å²) in [6.07, 6.45) is -3.57. The van der Waals surface area contributed by atoms with Crippen LogP contribution in [0, 0.1) is 11.3 Å². The number of ether oxygens (including phenoxy) is 1. The van der Waals surface area contributed by atoms with Crippen LogP contribution >= 0.6 is 11.6 Å². The monoisotopic (exact) mass is 455 g/mol. The van der Waals surface area contributed by atoms with Gasteiger partial charge >= 0.3 is 18.1 Å². The molecule has 164 valence electrons. The van der Waals surface area contributed by atoms with Crippen molar-refractivity contribution in [1.82, 2.24) is 9.47 Å². The standard InChI is InChI=1S/C19H17ClF3N5O3/c1-31-17(29)16-15(25)11(9-24)10-28(16)14-8-12(20)2-3-13(14)26-4-6-27(7-5-26)18(30)19(21,22)23/h2-3,8,10H,4-7,25H2,1H3. The van der Waals surface area contributed by atoms with Gasteiger partial charge in [0.1, 0.15) is 6.07 Å². The molecule has 1 aromatic carbocycles. The Hall–Kier alpha value is -3.39. The number of benzene rings is 1. The Morgan fingerprint density at radius 3 is 2.39 bits per heavy atom. The topological polar surface area (TPSA) is 105 Å². The molecular formula is C19H17ClF3N5O3. The molecule has 3 rings (SSSR count). The number of nitrogen functional groups attached to an aromatic ring is 1. The third kappa shape index (κ3) is 4.25. The van der Waals surface area contributed by atoms with E-state index < -0.39 is 18.1 Å². The highest BCUT2D eigenvalue weighted by molar-refractivity contribution is 6.30. The first-order chi connectivity index (χ1) is 14.6. The molecule has 0 unspecified atom stereocenters. The molecule has 0 aliphatic carbocycles. The lowest BCUT2D eigenvalue weighted by Gasteiger charge is -2.37. The molecule has 0 radical (unpaired) electrons. The number of hydrogen-bond acceptors (Lipinski definition) is 6. The lowest BCUT2D eigenvalue weighted by atomic mass is 10.2. The second-order valence-electron chi connectivity index (χ2n) is 6.69. The Morgan fingerprint density at radius 2 is 1.84 bits per heavy atom. The summed E-state index contributed by atoms with van der Waals surface area (Å²) < 4.78 is 44.3. The third-order valence-corrected chi connectivity index (χ3v) is 5.13. The molecule has 12 heteroatoms. The summed E-state index contributed by atoms with van der Waals surface area (Å²) in [6.45, 7) is -0.0409. The van der Waals surface area contributed by atoms with Gasteiger partial charge < -0.3 is 24.8 Å². The van der Waals surface area contributed by atoms with Crippen LogP contribution in [0.25, 0.3) is 5.69 Å². The van der Waals surface area contributed by atoms with Crippen molar-refractivity contribution in [1.29, 1.82) is 5.26 Å².